The first-order valence-electron chi connectivity index (χ1n) is 8.51. The van der Waals surface area contributed by atoms with Gasteiger partial charge in [-0.15, -0.1) is 0 Å². The summed E-state index contributed by atoms with van der Waals surface area (Å²) in [5.41, 5.74) is 1.78. The van der Waals surface area contributed by atoms with Crippen molar-refractivity contribution in [3.8, 4) is 0 Å². The van der Waals surface area contributed by atoms with E-state index in [9.17, 15) is 9.59 Å². The standard InChI is InChI=1S/C20H23ClN2O2/c1-3-13-23(14-4-2)20(25)16-7-5-15(6-8-16)19(24)22-18-11-9-17(21)10-12-18/h5-12H,3-4,13-14H2,1-2H3,(H,22,24). The number of halogens is 1. The SMILES string of the molecule is CCCN(CCC)C(=O)c1ccc(C(=O)Nc2ccc(Cl)cc2)cc1. The minimum Gasteiger partial charge on any atom is -0.339 e. The zero-order chi connectivity index (χ0) is 18.2. The normalized spacial score (nSPS) is 10.4. The molecule has 132 valence electrons. The van der Waals surface area contributed by atoms with Gasteiger partial charge in [0.15, 0.2) is 0 Å². The molecule has 0 atom stereocenters. The predicted octanol–water partition coefficient (Wildman–Crippen LogP) is 4.85. The van der Waals surface area contributed by atoms with Crippen LogP contribution in [0.5, 0.6) is 0 Å². The molecule has 0 aromatic heterocycles. The number of benzene rings is 2. The second-order valence-electron chi connectivity index (χ2n) is 5.83. The van der Waals surface area contributed by atoms with Crippen LogP contribution in [-0.4, -0.2) is 29.8 Å². The van der Waals surface area contributed by atoms with Crippen molar-refractivity contribution in [2.45, 2.75) is 26.7 Å². The third kappa shape index (κ3) is 5.33. The lowest BCUT2D eigenvalue weighted by Crippen LogP contribution is -2.32. The second kappa shape index (κ2) is 9.23. The first-order valence-corrected chi connectivity index (χ1v) is 8.89. The molecule has 0 fully saturated rings. The molecule has 25 heavy (non-hydrogen) atoms. The van der Waals surface area contributed by atoms with Gasteiger partial charge in [-0.05, 0) is 61.4 Å². The number of nitrogens with zero attached hydrogens (tertiary/aromatic N) is 1. The topological polar surface area (TPSA) is 49.4 Å². The Morgan fingerprint density at radius 2 is 1.40 bits per heavy atom. The molecule has 0 heterocycles. The Morgan fingerprint density at radius 1 is 0.880 bits per heavy atom. The van der Waals surface area contributed by atoms with Gasteiger partial charge in [0.2, 0.25) is 0 Å². The number of carbonyl (C=O) groups is 2. The smallest absolute Gasteiger partial charge is 0.255 e. The number of hydrogen-bond donors (Lipinski definition) is 1. The molecule has 0 aliphatic carbocycles. The van der Waals surface area contributed by atoms with Crippen LogP contribution >= 0.6 is 11.6 Å². The Balaban J connectivity index is 2.06. The van der Waals surface area contributed by atoms with E-state index in [1.54, 1.807) is 48.5 Å². The molecule has 0 radical (unpaired) electrons. The molecule has 2 amide bonds. The molecule has 0 unspecified atom stereocenters. The van der Waals surface area contributed by atoms with Gasteiger partial charge >= 0.3 is 0 Å². The molecule has 5 heteroatoms. The summed E-state index contributed by atoms with van der Waals surface area (Å²) < 4.78 is 0. The number of amides is 2. The third-order valence-electron chi connectivity index (χ3n) is 3.77. The molecule has 4 nitrogen and oxygen atoms in total. The Kier molecular flexibility index (Phi) is 7.02. The van der Waals surface area contributed by atoms with Crippen LogP contribution in [0, 0.1) is 0 Å². The van der Waals surface area contributed by atoms with Crippen LogP contribution in [0.15, 0.2) is 48.5 Å². The zero-order valence-corrected chi connectivity index (χ0v) is 15.3. The summed E-state index contributed by atoms with van der Waals surface area (Å²) in [6.45, 7) is 5.59. The van der Waals surface area contributed by atoms with Gasteiger partial charge in [0.1, 0.15) is 0 Å². The Bertz CT molecular complexity index is 705. The maximum absolute atomic E-state index is 12.5. The molecular formula is C20H23ClN2O2. The van der Waals surface area contributed by atoms with Crippen LogP contribution in [0.25, 0.3) is 0 Å². The van der Waals surface area contributed by atoms with Gasteiger partial charge in [0, 0.05) is 34.9 Å². The van der Waals surface area contributed by atoms with E-state index >= 15 is 0 Å². The van der Waals surface area contributed by atoms with Crippen molar-refractivity contribution < 1.29 is 9.59 Å². The van der Waals surface area contributed by atoms with E-state index in [-0.39, 0.29) is 11.8 Å². The Morgan fingerprint density at radius 3 is 1.92 bits per heavy atom. The minimum absolute atomic E-state index is 0.00774. The van der Waals surface area contributed by atoms with Crippen molar-refractivity contribution >= 4 is 29.1 Å². The quantitative estimate of drug-likeness (QED) is 0.768. The lowest BCUT2D eigenvalue weighted by Gasteiger charge is -2.21. The highest BCUT2D eigenvalue weighted by atomic mass is 35.5. The number of hydrogen-bond acceptors (Lipinski definition) is 2. The van der Waals surface area contributed by atoms with Gasteiger partial charge in [-0.1, -0.05) is 25.4 Å². The molecule has 2 aromatic carbocycles. The van der Waals surface area contributed by atoms with E-state index in [1.807, 2.05) is 4.90 Å². The summed E-state index contributed by atoms with van der Waals surface area (Å²) in [6.07, 6.45) is 1.85. The Hall–Kier alpha value is -2.33. The van der Waals surface area contributed by atoms with Crippen LogP contribution in [0.4, 0.5) is 5.69 Å². The highest BCUT2D eigenvalue weighted by molar-refractivity contribution is 6.30. The molecule has 0 bridgehead atoms. The number of anilines is 1. The molecule has 1 N–H and O–H groups in total. The van der Waals surface area contributed by atoms with Crippen molar-refractivity contribution in [3.05, 3.63) is 64.7 Å². The van der Waals surface area contributed by atoms with Crippen LogP contribution in [-0.2, 0) is 0 Å². The van der Waals surface area contributed by atoms with Crippen molar-refractivity contribution in [1.82, 2.24) is 4.90 Å². The summed E-state index contributed by atoms with van der Waals surface area (Å²) in [7, 11) is 0. The molecule has 2 rings (SSSR count). The molecule has 0 aliphatic rings. The fourth-order valence-electron chi connectivity index (χ4n) is 2.54. The fourth-order valence-corrected chi connectivity index (χ4v) is 2.66. The molecule has 0 saturated heterocycles. The van der Waals surface area contributed by atoms with Crippen molar-refractivity contribution in [3.63, 3.8) is 0 Å². The fraction of sp³-hybridized carbons (Fsp3) is 0.300. The van der Waals surface area contributed by atoms with Crippen molar-refractivity contribution in [2.75, 3.05) is 18.4 Å². The van der Waals surface area contributed by atoms with Crippen molar-refractivity contribution in [2.24, 2.45) is 0 Å². The number of rotatable bonds is 7. The van der Waals surface area contributed by atoms with Crippen LogP contribution in [0.1, 0.15) is 47.4 Å². The van der Waals surface area contributed by atoms with Crippen LogP contribution in [0.2, 0.25) is 5.02 Å². The largest absolute Gasteiger partial charge is 0.339 e. The highest BCUT2D eigenvalue weighted by Gasteiger charge is 2.15. The first kappa shape index (κ1) is 19.0. The minimum atomic E-state index is -0.222. The first-order chi connectivity index (χ1) is 12.0. The second-order valence-corrected chi connectivity index (χ2v) is 6.27. The molecule has 0 spiro atoms. The summed E-state index contributed by atoms with van der Waals surface area (Å²) in [4.78, 5) is 26.7. The lowest BCUT2D eigenvalue weighted by molar-refractivity contribution is 0.0755. The molecule has 2 aromatic rings. The highest BCUT2D eigenvalue weighted by Crippen LogP contribution is 2.15. The summed E-state index contributed by atoms with van der Waals surface area (Å²) in [5, 5.41) is 3.42. The third-order valence-corrected chi connectivity index (χ3v) is 4.02. The van der Waals surface area contributed by atoms with Crippen molar-refractivity contribution in [1.29, 1.82) is 0 Å². The van der Waals surface area contributed by atoms with Gasteiger partial charge < -0.3 is 10.2 Å². The predicted molar refractivity (Wildman–Crippen MR) is 102 cm³/mol. The lowest BCUT2D eigenvalue weighted by atomic mass is 10.1. The van der Waals surface area contributed by atoms with E-state index in [4.69, 9.17) is 11.6 Å². The Labute approximate surface area is 153 Å². The molecule has 0 aliphatic heterocycles. The average molecular weight is 359 g/mol. The van der Waals surface area contributed by atoms with Crippen LogP contribution < -0.4 is 5.32 Å². The average Bonchev–Trinajstić information content (AvgIpc) is 2.63. The van der Waals surface area contributed by atoms with Gasteiger partial charge in [0.05, 0.1) is 0 Å². The van der Waals surface area contributed by atoms with Gasteiger partial charge in [-0.3, -0.25) is 9.59 Å². The number of nitrogens with one attached hydrogen (secondary N) is 1. The monoisotopic (exact) mass is 358 g/mol. The van der Waals surface area contributed by atoms with E-state index in [0.717, 1.165) is 25.9 Å². The molecule has 0 saturated carbocycles. The van der Waals surface area contributed by atoms with Gasteiger partial charge in [-0.2, -0.15) is 0 Å². The maximum Gasteiger partial charge on any atom is 0.255 e. The number of carbonyl (C=O) groups excluding carboxylic acids is 2. The molecular weight excluding hydrogens is 336 g/mol. The van der Waals surface area contributed by atoms with Crippen LogP contribution in [0.3, 0.4) is 0 Å². The summed E-state index contributed by atoms with van der Waals surface area (Å²) in [6, 6.07) is 13.7. The van der Waals surface area contributed by atoms with E-state index < -0.39 is 0 Å². The maximum atomic E-state index is 12.5. The summed E-state index contributed by atoms with van der Waals surface area (Å²) in [5.74, 6) is -0.214. The van der Waals surface area contributed by atoms with Gasteiger partial charge in [-0.25, -0.2) is 0 Å². The zero-order valence-electron chi connectivity index (χ0n) is 14.6. The van der Waals surface area contributed by atoms with Gasteiger partial charge in [0.25, 0.3) is 11.8 Å². The summed E-state index contributed by atoms with van der Waals surface area (Å²) >= 11 is 5.83. The van der Waals surface area contributed by atoms with E-state index in [2.05, 4.69) is 19.2 Å². The van der Waals surface area contributed by atoms with E-state index in [1.165, 1.54) is 0 Å². The van der Waals surface area contributed by atoms with E-state index in [0.29, 0.717) is 21.8 Å².